The van der Waals surface area contributed by atoms with Gasteiger partial charge in [-0.25, -0.2) is 0 Å². The standard InChI is InChI=1S/C11H16N2OS/c1-13(8-9-4-3-7-15-9)11(14)10-5-2-6-12-10/h3-4,7,10,12H,2,5-6,8H2,1H3. The molecule has 15 heavy (non-hydrogen) atoms. The first kappa shape index (κ1) is 10.6. The molecule has 3 nitrogen and oxygen atoms in total. The van der Waals surface area contributed by atoms with Crippen LogP contribution in [0.5, 0.6) is 0 Å². The maximum absolute atomic E-state index is 11.9. The van der Waals surface area contributed by atoms with Gasteiger partial charge in [0.05, 0.1) is 12.6 Å². The minimum Gasteiger partial charge on any atom is -0.339 e. The Hall–Kier alpha value is -0.870. The third-order valence-corrected chi connectivity index (χ3v) is 3.57. The molecule has 1 N–H and O–H groups in total. The van der Waals surface area contributed by atoms with Crippen LogP contribution in [0.1, 0.15) is 17.7 Å². The fourth-order valence-electron chi connectivity index (χ4n) is 1.88. The van der Waals surface area contributed by atoms with E-state index in [1.54, 1.807) is 11.3 Å². The number of nitrogens with zero attached hydrogens (tertiary/aromatic N) is 1. The van der Waals surface area contributed by atoms with Crippen LogP contribution in [0, 0.1) is 0 Å². The second kappa shape index (κ2) is 4.77. The van der Waals surface area contributed by atoms with Gasteiger partial charge in [-0.2, -0.15) is 0 Å². The highest BCUT2D eigenvalue weighted by Crippen LogP contribution is 2.13. The monoisotopic (exact) mass is 224 g/mol. The molecule has 1 saturated heterocycles. The summed E-state index contributed by atoms with van der Waals surface area (Å²) in [6.07, 6.45) is 2.09. The van der Waals surface area contributed by atoms with Crippen LogP contribution < -0.4 is 5.32 Å². The first-order valence-corrected chi connectivity index (χ1v) is 6.16. The van der Waals surface area contributed by atoms with E-state index >= 15 is 0 Å². The van der Waals surface area contributed by atoms with Crippen molar-refractivity contribution < 1.29 is 4.79 Å². The highest BCUT2D eigenvalue weighted by Gasteiger charge is 2.24. The van der Waals surface area contributed by atoms with Gasteiger partial charge >= 0.3 is 0 Å². The SMILES string of the molecule is CN(Cc1cccs1)C(=O)C1CCCN1. The number of amides is 1. The molecule has 1 aromatic heterocycles. The van der Waals surface area contributed by atoms with Crippen molar-refractivity contribution >= 4 is 17.2 Å². The van der Waals surface area contributed by atoms with Gasteiger partial charge in [-0.3, -0.25) is 4.79 Å². The van der Waals surface area contributed by atoms with Gasteiger partial charge in [0.15, 0.2) is 0 Å². The van der Waals surface area contributed by atoms with Crippen molar-refractivity contribution in [2.75, 3.05) is 13.6 Å². The Morgan fingerprint density at radius 2 is 2.60 bits per heavy atom. The Morgan fingerprint density at radius 1 is 1.73 bits per heavy atom. The zero-order valence-electron chi connectivity index (χ0n) is 8.90. The molecule has 0 radical (unpaired) electrons. The van der Waals surface area contributed by atoms with Gasteiger partial charge < -0.3 is 10.2 Å². The topological polar surface area (TPSA) is 32.3 Å². The molecule has 4 heteroatoms. The predicted molar refractivity (Wildman–Crippen MR) is 61.8 cm³/mol. The molecule has 0 aliphatic carbocycles. The number of carbonyl (C=O) groups excluding carboxylic acids is 1. The average Bonchev–Trinajstić information content (AvgIpc) is 2.88. The van der Waals surface area contributed by atoms with E-state index in [9.17, 15) is 4.79 Å². The van der Waals surface area contributed by atoms with Gasteiger partial charge in [0.25, 0.3) is 0 Å². The summed E-state index contributed by atoms with van der Waals surface area (Å²) >= 11 is 1.70. The Balaban J connectivity index is 1.89. The van der Waals surface area contributed by atoms with Crippen molar-refractivity contribution in [2.24, 2.45) is 0 Å². The van der Waals surface area contributed by atoms with Crippen molar-refractivity contribution in [3.8, 4) is 0 Å². The van der Waals surface area contributed by atoms with Crippen LogP contribution in [0.4, 0.5) is 0 Å². The van der Waals surface area contributed by atoms with Crippen LogP contribution in [0.2, 0.25) is 0 Å². The van der Waals surface area contributed by atoms with E-state index in [4.69, 9.17) is 0 Å². The highest BCUT2D eigenvalue weighted by atomic mass is 32.1. The van der Waals surface area contributed by atoms with E-state index in [-0.39, 0.29) is 11.9 Å². The number of rotatable bonds is 3. The Bertz CT molecular complexity index is 317. The van der Waals surface area contributed by atoms with Crippen LogP contribution in [-0.4, -0.2) is 30.4 Å². The van der Waals surface area contributed by atoms with Crippen LogP contribution >= 0.6 is 11.3 Å². The molecule has 1 fully saturated rings. The lowest BCUT2D eigenvalue weighted by atomic mass is 10.2. The lowest BCUT2D eigenvalue weighted by molar-refractivity contribution is -0.132. The molecule has 82 valence electrons. The van der Waals surface area contributed by atoms with E-state index in [1.807, 2.05) is 23.4 Å². The minimum atomic E-state index is 0.0509. The number of carbonyl (C=O) groups is 1. The number of hydrogen-bond donors (Lipinski definition) is 1. The molecule has 0 saturated carbocycles. The van der Waals surface area contributed by atoms with Gasteiger partial charge in [0.2, 0.25) is 5.91 Å². The third-order valence-electron chi connectivity index (χ3n) is 2.71. The maximum atomic E-state index is 11.9. The lowest BCUT2D eigenvalue weighted by Crippen LogP contribution is -2.41. The molecular weight excluding hydrogens is 208 g/mol. The normalized spacial score (nSPS) is 20.5. The number of thiophene rings is 1. The van der Waals surface area contributed by atoms with Crippen LogP contribution in [0.15, 0.2) is 17.5 Å². The van der Waals surface area contributed by atoms with E-state index in [0.29, 0.717) is 0 Å². The quantitative estimate of drug-likeness (QED) is 0.843. The fourth-order valence-corrected chi connectivity index (χ4v) is 2.63. The van der Waals surface area contributed by atoms with Gasteiger partial charge in [-0.15, -0.1) is 11.3 Å². The molecule has 0 spiro atoms. The van der Waals surface area contributed by atoms with Crippen LogP contribution in [0.25, 0.3) is 0 Å². The molecule has 1 aliphatic rings. The van der Waals surface area contributed by atoms with Crippen LogP contribution in [-0.2, 0) is 11.3 Å². The molecular formula is C11H16N2OS. The van der Waals surface area contributed by atoms with E-state index in [2.05, 4.69) is 11.4 Å². The van der Waals surface area contributed by atoms with Gasteiger partial charge in [-0.05, 0) is 30.8 Å². The number of nitrogens with one attached hydrogen (secondary N) is 1. The first-order valence-electron chi connectivity index (χ1n) is 5.28. The van der Waals surface area contributed by atoms with Crippen molar-refractivity contribution in [3.05, 3.63) is 22.4 Å². The Kier molecular flexibility index (Phi) is 3.38. The fraction of sp³-hybridized carbons (Fsp3) is 0.545. The van der Waals surface area contributed by atoms with E-state index < -0.39 is 0 Å². The molecule has 1 aliphatic heterocycles. The Morgan fingerprint density at radius 3 is 3.20 bits per heavy atom. The summed E-state index contributed by atoms with van der Waals surface area (Å²) in [7, 11) is 1.88. The van der Waals surface area contributed by atoms with Crippen molar-refractivity contribution in [1.29, 1.82) is 0 Å². The van der Waals surface area contributed by atoms with E-state index in [1.165, 1.54) is 4.88 Å². The molecule has 1 unspecified atom stereocenters. The smallest absolute Gasteiger partial charge is 0.239 e. The molecule has 1 aromatic rings. The zero-order valence-corrected chi connectivity index (χ0v) is 9.72. The summed E-state index contributed by atoms with van der Waals surface area (Å²) in [6.45, 7) is 1.71. The summed E-state index contributed by atoms with van der Waals surface area (Å²) in [5.74, 6) is 0.223. The highest BCUT2D eigenvalue weighted by molar-refractivity contribution is 7.09. The Labute approximate surface area is 94.1 Å². The van der Waals surface area contributed by atoms with Gasteiger partial charge in [-0.1, -0.05) is 6.07 Å². The van der Waals surface area contributed by atoms with Crippen LogP contribution in [0.3, 0.4) is 0 Å². The third kappa shape index (κ3) is 2.58. The minimum absolute atomic E-state index is 0.0509. The second-order valence-corrected chi connectivity index (χ2v) is 4.95. The van der Waals surface area contributed by atoms with Crippen molar-refractivity contribution in [1.82, 2.24) is 10.2 Å². The summed E-state index contributed by atoms with van der Waals surface area (Å²) in [6, 6.07) is 4.14. The number of likely N-dealkylation sites (N-methyl/N-ethyl adjacent to an activating group) is 1. The predicted octanol–water partition coefficient (Wildman–Crippen LogP) is 1.46. The molecule has 0 aromatic carbocycles. The molecule has 2 heterocycles. The largest absolute Gasteiger partial charge is 0.339 e. The second-order valence-electron chi connectivity index (χ2n) is 3.92. The average molecular weight is 224 g/mol. The number of hydrogen-bond acceptors (Lipinski definition) is 3. The molecule has 2 rings (SSSR count). The summed E-state index contributed by atoms with van der Waals surface area (Å²) in [4.78, 5) is 15.0. The van der Waals surface area contributed by atoms with E-state index in [0.717, 1.165) is 25.9 Å². The summed E-state index contributed by atoms with van der Waals surface area (Å²) in [5.41, 5.74) is 0. The van der Waals surface area contributed by atoms with Crippen molar-refractivity contribution in [3.63, 3.8) is 0 Å². The lowest BCUT2D eigenvalue weighted by Gasteiger charge is -2.20. The van der Waals surface area contributed by atoms with Gasteiger partial charge in [0, 0.05) is 11.9 Å². The molecule has 0 bridgehead atoms. The summed E-state index contributed by atoms with van der Waals surface area (Å²) in [5, 5.41) is 5.27. The molecule has 1 atom stereocenters. The first-order chi connectivity index (χ1) is 7.27. The van der Waals surface area contributed by atoms with Gasteiger partial charge in [0.1, 0.15) is 0 Å². The summed E-state index contributed by atoms with van der Waals surface area (Å²) < 4.78 is 0. The molecule has 1 amide bonds. The maximum Gasteiger partial charge on any atom is 0.239 e. The zero-order chi connectivity index (χ0) is 10.7. The van der Waals surface area contributed by atoms with Crippen molar-refractivity contribution in [2.45, 2.75) is 25.4 Å².